The first-order chi connectivity index (χ1) is 8.02. The van der Waals surface area contributed by atoms with Gasteiger partial charge in [0.05, 0.1) is 17.5 Å². The van der Waals surface area contributed by atoms with Crippen LogP contribution in [0.25, 0.3) is 0 Å². The van der Waals surface area contributed by atoms with E-state index in [1.165, 1.54) is 12.1 Å². The summed E-state index contributed by atoms with van der Waals surface area (Å²) in [4.78, 5) is 1.87. The Morgan fingerprint density at radius 3 is 2.88 bits per heavy atom. The molecule has 17 heavy (non-hydrogen) atoms. The maximum atomic E-state index is 13.1. The third-order valence-corrected chi connectivity index (χ3v) is 4.64. The molecule has 1 heterocycles. The lowest BCUT2D eigenvalue weighted by Crippen LogP contribution is -2.52. The molecule has 0 spiro atoms. The molecule has 1 atom stereocenters. The van der Waals surface area contributed by atoms with Crippen molar-refractivity contribution >= 4 is 15.5 Å². The maximum absolute atomic E-state index is 13.1. The van der Waals surface area contributed by atoms with Crippen molar-refractivity contribution in [2.45, 2.75) is 6.04 Å². The van der Waals surface area contributed by atoms with E-state index < -0.39 is 9.84 Å². The number of hydrogen-bond acceptors (Lipinski definition) is 4. The van der Waals surface area contributed by atoms with Crippen LogP contribution in [0.15, 0.2) is 24.3 Å². The smallest absolute Gasteiger partial charge is 0.154 e. The molecule has 1 fully saturated rings. The van der Waals surface area contributed by atoms with E-state index in [1.54, 1.807) is 12.1 Å². The molecule has 0 saturated carbocycles. The zero-order valence-corrected chi connectivity index (χ0v) is 10.2. The molecule has 1 aromatic carbocycles. The lowest BCUT2D eigenvalue weighted by Gasteiger charge is -2.36. The molecule has 4 nitrogen and oxygen atoms in total. The van der Waals surface area contributed by atoms with Crippen LogP contribution in [0.3, 0.4) is 0 Å². The van der Waals surface area contributed by atoms with Crippen LogP contribution in [0.2, 0.25) is 0 Å². The van der Waals surface area contributed by atoms with E-state index in [1.807, 2.05) is 4.90 Å². The van der Waals surface area contributed by atoms with Crippen molar-refractivity contribution in [3.8, 4) is 0 Å². The third-order valence-electron chi connectivity index (χ3n) is 2.94. The van der Waals surface area contributed by atoms with E-state index >= 15 is 0 Å². The molecule has 0 bridgehead atoms. The van der Waals surface area contributed by atoms with Crippen molar-refractivity contribution in [1.29, 1.82) is 0 Å². The van der Waals surface area contributed by atoms with Gasteiger partial charge in [-0.05, 0) is 18.2 Å². The van der Waals surface area contributed by atoms with Gasteiger partial charge in [0.15, 0.2) is 9.84 Å². The van der Waals surface area contributed by atoms with E-state index in [0.29, 0.717) is 12.2 Å². The Hall–Kier alpha value is -1.14. The van der Waals surface area contributed by atoms with Crippen LogP contribution in [0.4, 0.5) is 10.1 Å². The predicted molar refractivity (Wildman–Crippen MR) is 65.2 cm³/mol. The molecule has 1 aromatic rings. The summed E-state index contributed by atoms with van der Waals surface area (Å²) in [6, 6.07) is 5.88. The van der Waals surface area contributed by atoms with Crippen LogP contribution in [0.5, 0.6) is 0 Å². The molecule has 2 rings (SSSR count). The second kappa shape index (κ2) is 4.62. The van der Waals surface area contributed by atoms with Crippen LogP contribution < -0.4 is 10.6 Å². The van der Waals surface area contributed by atoms with E-state index in [4.69, 9.17) is 5.73 Å². The molecular formula is C11H15FN2O2S. The van der Waals surface area contributed by atoms with E-state index in [2.05, 4.69) is 0 Å². The van der Waals surface area contributed by atoms with Crippen LogP contribution in [-0.2, 0) is 9.84 Å². The number of hydrogen-bond donors (Lipinski definition) is 1. The summed E-state index contributed by atoms with van der Waals surface area (Å²) in [6.45, 7) is 0.614. The fourth-order valence-electron chi connectivity index (χ4n) is 2.08. The molecule has 0 amide bonds. The average molecular weight is 258 g/mol. The van der Waals surface area contributed by atoms with Gasteiger partial charge in [0, 0.05) is 18.8 Å². The number of sulfone groups is 1. The van der Waals surface area contributed by atoms with Gasteiger partial charge >= 0.3 is 0 Å². The first-order valence-corrected chi connectivity index (χ1v) is 7.27. The highest BCUT2D eigenvalue weighted by Crippen LogP contribution is 2.21. The highest BCUT2D eigenvalue weighted by Gasteiger charge is 2.30. The molecule has 1 saturated heterocycles. The van der Waals surface area contributed by atoms with Gasteiger partial charge in [-0.15, -0.1) is 0 Å². The second-order valence-corrected chi connectivity index (χ2v) is 6.41. The topological polar surface area (TPSA) is 63.4 Å². The van der Waals surface area contributed by atoms with Crippen LogP contribution >= 0.6 is 0 Å². The Morgan fingerprint density at radius 2 is 2.24 bits per heavy atom. The number of nitrogens with two attached hydrogens (primary N) is 1. The minimum Gasteiger partial charge on any atom is -0.365 e. The monoisotopic (exact) mass is 258 g/mol. The van der Waals surface area contributed by atoms with E-state index in [0.717, 1.165) is 0 Å². The Morgan fingerprint density at radius 1 is 1.47 bits per heavy atom. The van der Waals surface area contributed by atoms with Crippen molar-refractivity contribution in [2.75, 3.05) is 29.5 Å². The van der Waals surface area contributed by atoms with Gasteiger partial charge in [0.2, 0.25) is 0 Å². The van der Waals surface area contributed by atoms with Crippen molar-refractivity contribution in [2.24, 2.45) is 5.73 Å². The first-order valence-electron chi connectivity index (χ1n) is 5.44. The SMILES string of the molecule is NCC1CS(=O)(=O)CCN1c1cccc(F)c1. The average Bonchev–Trinajstić information content (AvgIpc) is 2.27. The Labute approximate surface area is 100 Å². The van der Waals surface area contributed by atoms with Gasteiger partial charge in [-0.3, -0.25) is 0 Å². The summed E-state index contributed by atoms with van der Waals surface area (Å²) in [5.41, 5.74) is 6.28. The summed E-state index contributed by atoms with van der Waals surface area (Å²) in [7, 11) is -3.01. The van der Waals surface area contributed by atoms with Gasteiger partial charge in [-0.1, -0.05) is 6.07 Å². The molecule has 0 radical (unpaired) electrons. The molecule has 1 unspecified atom stereocenters. The predicted octanol–water partition coefficient (Wildman–Crippen LogP) is 0.388. The van der Waals surface area contributed by atoms with Crippen LogP contribution in [-0.4, -0.2) is 39.1 Å². The molecule has 0 aromatic heterocycles. The molecule has 2 N–H and O–H groups in total. The molecule has 1 aliphatic heterocycles. The third kappa shape index (κ3) is 2.76. The van der Waals surface area contributed by atoms with Crippen LogP contribution in [0, 0.1) is 5.82 Å². The maximum Gasteiger partial charge on any atom is 0.154 e. The first kappa shape index (κ1) is 12.3. The normalized spacial score (nSPS) is 23.6. The summed E-state index contributed by atoms with van der Waals surface area (Å²) < 4.78 is 36.1. The standard InChI is InChI=1S/C11H15FN2O2S/c12-9-2-1-3-10(6-9)14-4-5-17(15,16)8-11(14)7-13/h1-3,6,11H,4-5,7-8,13H2. The highest BCUT2D eigenvalue weighted by molar-refractivity contribution is 7.91. The van der Waals surface area contributed by atoms with E-state index in [9.17, 15) is 12.8 Å². The van der Waals surface area contributed by atoms with Crippen molar-refractivity contribution in [3.63, 3.8) is 0 Å². The second-order valence-electron chi connectivity index (χ2n) is 4.18. The quantitative estimate of drug-likeness (QED) is 0.833. The van der Waals surface area contributed by atoms with Gasteiger partial charge < -0.3 is 10.6 Å². The van der Waals surface area contributed by atoms with E-state index in [-0.39, 0.29) is 29.9 Å². The summed E-state index contributed by atoms with van der Waals surface area (Å²) >= 11 is 0. The van der Waals surface area contributed by atoms with Crippen LogP contribution in [0.1, 0.15) is 0 Å². The fourth-order valence-corrected chi connectivity index (χ4v) is 3.62. The van der Waals surface area contributed by atoms with Crippen molar-refractivity contribution < 1.29 is 12.8 Å². The minimum absolute atomic E-state index is 0.0417. The highest BCUT2D eigenvalue weighted by atomic mass is 32.2. The van der Waals surface area contributed by atoms with Crippen molar-refractivity contribution in [1.82, 2.24) is 0 Å². The lowest BCUT2D eigenvalue weighted by atomic mass is 10.2. The minimum atomic E-state index is -3.01. The largest absolute Gasteiger partial charge is 0.365 e. The van der Waals surface area contributed by atoms with Gasteiger partial charge in [-0.25, -0.2) is 12.8 Å². The number of anilines is 1. The summed E-state index contributed by atoms with van der Waals surface area (Å²) in [5, 5.41) is 0. The molecule has 94 valence electrons. The molecule has 6 heteroatoms. The number of halogens is 1. The van der Waals surface area contributed by atoms with Gasteiger partial charge in [-0.2, -0.15) is 0 Å². The Kier molecular flexibility index (Phi) is 3.35. The lowest BCUT2D eigenvalue weighted by molar-refractivity contribution is 0.558. The zero-order valence-electron chi connectivity index (χ0n) is 9.34. The fraction of sp³-hybridized carbons (Fsp3) is 0.455. The Balaban J connectivity index is 2.27. The Bertz CT molecular complexity index is 504. The number of rotatable bonds is 2. The number of benzene rings is 1. The van der Waals surface area contributed by atoms with Crippen molar-refractivity contribution in [3.05, 3.63) is 30.1 Å². The summed E-state index contributed by atoms with van der Waals surface area (Å²) in [5.74, 6) is -0.188. The van der Waals surface area contributed by atoms with Gasteiger partial charge in [0.1, 0.15) is 5.82 Å². The molecular weight excluding hydrogens is 243 g/mol. The van der Waals surface area contributed by atoms with Gasteiger partial charge in [0.25, 0.3) is 0 Å². The molecule has 0 aliphatic carbocycles. The zero-order chi connectivity index (χ0) is 12.5. The summed E-state index contributed by atoms with van der Waals surface area (Å²) in [6.07, 6.45) is 0. The number of nitrogens with zero attached hydrogens (tertiary/aromatic N) is 1. The molecule has 1 aliphatic rings.